The molecule has 26 heavy (non-hydrogen) atoms. The van der Waals surface area contributed by atoms with Crippen molar-refractivity contribution in [3.05, 3.63) is 47.8 Å². The van der Waals surface area contributed by atoms with Gasteiger partial charge in [-0.1, -0.05) is 12.1 Å². The Morgan fingerprint density at radius 2 is 2.12 bits per heavy atom. The van der Waals surface area contributed by atoms with Crippen molar-refractivity contribution in [1.82, 2.24) is 25.3 Å². The molecule has 0 unspecified atom stereocenters. The van der Waals surface area contributed by atoms with Gasteiger partial charge in [-0.15, -0.1) is 0 Å². The Hall–Kier alpha value is -3.03. The molecule has 1 aromatic carbocycles. The maximum atomic E-state index is 12.1. The van der Waals surface area contributed by atoms with E-state index in [0.29, 0.717) is 19.6 Å². The molecule has 0 aliphatic carbocycles. The van der Waals surface area contributed by atoms with E-state index in [1.54, 1.807) is 22.9 Å². The lowest BCUT2D eigenvalue weighted by Gasteiger charge is -2.21. The van der Waals surface area contributed by atoms with Crippen LogP contribution in [0.5, 0.6) is 5.75 Å². The maximum Gasteiger partial charge on any atom is 0.255 e. The standard InChI is InChI=1S/C18H26N6O2/c1-4-19-18(23(2)12-14-11-22-24(3)13-14)21-10-9-20-17(26)15-7-5-6-8-16(15)25/h5-8,11,13,25H,4,9-10,12H2,1-3H3,(H,19,21)(H,20,26). The number of aromatic nitrogens is 2. The van der Waals surface area contributed by atoms with Crippen LogP contribution >= 0.6 is 0 Å². The summed E-state index contributed by atoms with van der Waals surface area (Å²) in [5.74, 6) is 0.415. The molecule has 0 aliphatic rings. The number of nitrogens with one attached hydrogen (secondary N) is 2. The predicted molar refractivity (Wildman–Crippen MR) is 101 cm³/mol. The number of hydrogen-bond acceptors (Lipinski definition) is 4. The summed E-state index contributed by atoms with van der Waals surface area (Å²) in [5, 5.41) is 19.9. The zero-order chi connectivity index (χ0) is 18.9. The highest BCUT2D eigenvalue weighted by molar-refractivity contribution is 5.96. The number of phenolic OH excluding ortho intramolecular Hbond substituents is 1. The number of para-hydroxylation sites is 1. The lowest BCUT2D eigenvalue weighted by Crippen LogP contribution is -2.39. The molecule has 8 nitrogen and oxygen atoms in total. The van der Waals surface area contributed by atoms with Crippen molar-refractivity contribution in [3.8, 4) is 5.75 Å². The molecule has 0 saturated carbocycles. The molecule has 0 spiro atoms. The molecule has 1 heterocycles. The molecule has 140 valence electrons. The van der Waals surface area contributed by atoms with E-state index in [4.69, 9.17) is 0 Å². The number of hydrogen-bond donors (Lipinski definition) is 3. The fourth-order valence-electron chi connectivity index (χ4n) is 2.46. The number of aryl methyl sites for hydroxylation is 1. The predicted octanol–water partition coefficient (Wildman–Crippen LogP) is 0.953. The first-order chi connectivity index (χ1) is 12.5. The normalized spacial score (nSPS) is 11.3. The average Bonchev–Trinajstić information content (AvgIpc) is 3.02. The molecule has 0 saturated heterocycles. The van der Waals surface area contributed by atoms with Crippen LogP contribution in [0.25, 0.3) is 0 Å². The Bertz CT molecular complexity index is 756. The molecule has 2 aromatic rings. The Balaban J connectivity index is 1.88. The first-order valence-electron chi connectivity index (χ1n) is 8.54. The molecule has 0 bridgehead atoms. The second-order valence-electron chi connectivity index (χ2n) is 5.89. The molecule has 1 amide bonds. The van der Waals surface area contributed by atoms with Gasteiger partial charge in [-0.2, -0.15) is 5.10 Å². The topological polar surface area (TPSA) is 94.8 Å². The number of guanidine groups is 1. The molecular weight excluding hydrogens is 332 g/mol. The van der Waals surface area contributed by atoms with Gasteiger partial charge < -0.3 is 20.6 Å². The lowest BCUT2D eigenvalue weighted by molar-refractivity contribution is 0.0952. The Morgan fingerprint density at radius 3 is 2.77 bits per heavy atom. The van der Waals surface area contributed by atoms with E-state index in [1.807, 2.05) is 38.3 Å². The highest BCUT2D eigenvalue weighted by Gasteiger charge is 2.10. The maximum absolute atomic E-state index is 12.1. The van der Waals surface area contributed by atoms with Crippen LogP contribution in [0, 0.1) is 0 Å². The number of nitrogens with zero attached hydrogens (tertiary/aromatic N) is 4. The van der Waals surface area contributed by atoms with Crippen LogP contribution in [0.3, 0.4) is 0 Å². The van der Waals surface area contributed by atoms with E-state index in [2.05, 4.69) is 20.7 Å². The molecule has 0 radical (unpaired) electrons. The van der Waals surface area contributed by atoms with E-state index in [1.165, 1.54) is 6.07 Å². The summed E-state index contributed by atoms with van der Waals surface area (Å²) in [6, 6.07) is 6.46. The van der Waals surface area contributed by atoms with Crippen molar-refractivity contribution in [2.75, 3.05) is 26.7 Å². The Morgan fingerprint density at radius 1 is 1.35 bits per heavy atom. The summed E-state index contributed by atoms with van der Waals surface area (Å²) >= 11 is 0. The smallest absolute Gasteiger partial charge is 0.255 e. The van der Waals surface area contributed by atoms with Gasteiger partial charge >= 0.3 is 0 Å². The molecule has 1 aromatic heterocycles. The van der Waals surface area contributed by atoms with Crippen LogP contribution < -0.4 is 10.6 Å². The molecule has 0 aliphatic heterocycles. The third-order valence-electron chi connectivity index (χ3n) is 3.68. The molecule has 3 N–H and O–H groups in total. The van der Waals surface area contributed by atoms with E-state index < -0.39 is 0 Å². The Labute approximate surface area is 153 Å². The second-order valence-corrected chi connectivity index (χ2v) is 5.89. The fraction of sp³-hybridized carbons (Fsp3) is 0.389. The minimum absolute atomic E-state index is 0.0296. The highest BCUT2D eigenvalue weighted by Crippen LogP contribution is 2.14. The van der Waals surface area contributed by atoms with Gasteiger partial charge in [0.25, 0.3) is 5.91 Å². The number of rotatable bonds is 7. The molecule has 0 atom stereocenters. The van der Waals surface area contributed by atoms with Crippen LogP contribution in [0.15, 0.2) is 41.7 Å². The van der Waals surface area contributed by atoms with Gasteiger partial charge in [0.05, 0.1) is 18.3 Å². The van der Waals surface area contributed by atoms with Crippen LogP contribution in [-0.4, -0.2) is 58.3 Å². The number of benzene rings is 1. The van der Waals surface area contributed by atoms with E-state index in [-0.39, 0.29) is 17.2 Å². The third kappa shape index (κ3) is 5.51. The van der Waals surface area contributed by atoms with E-state index in [0.717, 1.165) is 18.1 Å². The average molecular weight is 358 g/mol. The molecule has 2 rings (SSSR count). The molecule has 0 fully saturated rings. The summed E-state index contributed by atoms with van der Waals surface area (Å²) in [4.78, 5) is 18.6. The van der Waals surface area contributed by atoms with Gasteiger partial charge in [-0.25, -0.2) is 0 Å². The summed E-state index contributed by atoms with van der Waals surface area (Å²) < 4.78 is 1.77. The second kappa shape index (κ2) is 9.45. The van der Waals surface area contributed by atoms with Crippen molar-refractivity contribution in [2.24, 2.45) is 12.0 Å². The summed E-state index contributed by atoms with van der Waals surface area (Å²) in [7, 11) is 3.84. The number of carbonyl (C=O) groups is 1. The summed E-state index contributed by atoms with van der Waals surface area (Å²) in [5.41, 5.74) is 1.35. The fourth-order valence-corrected chi connectivity index (χ4v) is 2.46. The van der Waals surface area contributed by atoms with Crippen molar-refractivity contribution in [3.63, 3.8) is 0 Å². The van der Waals surface area contributed by atoms with E-state index >= 15 is 0 Å². The molecule has 8 heteroatoms. The largest absolute Gasteiger partial charge is 0.507 e. The SMILES string of the molecule is CCNC(=NCCNC(=O)c1ccccc1O)N(C)Cc1cnn(C)c1. The number of aliphatic imine (C=N–C) groups is 1. The van der Waals surface area contributed by atoms with Gasteiger partial charge in [0.1, 0.15) is 5.75 Å². The van der Waals surface area contributed by atoms with Crippen molar-refractivity contribution < 1.29 is 9.90 Å². The summed E-state index contributed by atoms with van der Waals surface area (Å²) in [6.45, 7) is 4.25. The molecular formula is C18H26N6O2. The lowest BCUT2D eigenvalue weighted by atomic mass is 10.2. The first kappa shape index (κ1) is 19.3. The summed E-state index contributed by atoms with van der Waals surface area (Å²) in [6.07, 6.45) is 3.79. The first-order valence-corrected chi connectivity index (χ1v) is 8.54. The minimum Gasteiger partial charge on any atom is -0.507 e. The van der Waals surface area contributed by atoms with Gasteiger partial charge in [-0.05, 0) is 19.1 Å². The monoisotopic (exact) mass is 358 g/mol. The quantitative estimate of drug-likeness (QED) is 0.389. The van der Waals surface area contributed by atoms with Crippen molar-refractivity contribution >= 4 is 11.9 Å². The zero-order valence-corrected chi connectivity index (χ0v) is 15.4. The van der Waals surface area contributed by atoms with E-state index in [9.17, 15) is 9.90 Å². The van der Waals surface area contributed by atoms with Crippen LogP contribution in [-0.2, 0) is 13.6 Å². The number of amides is 1. The van der Waals surface area contributed by atoms with Gasteiger partial charge in [0.15, 0.2) is 5.96 Å². The number of phenols is 1. The number of aromatic hydroxyl groups is 1. The number of carbonyl (C=O) groups excluding carboxylic acids is 1. The van der Waals surface area contributed by atoms with Gasteiger partial charge in [0, 0.05) is 45.5 Å². The van der Waals surface area contributed by atoms with Crippen LogP contribution in [0.2, 0.25) is 0 Å². The minimum atomic E-state index is -0.313. The van der Waals surface area contributed by atoms with Gasteiger partial charge in [0.2, 0.25) is 0 Å². The van der Waals surface area contributed by atoms with Crippen molar-refractivity contribution in [1.29, 1.82) is 0 Å². The Kier molecular flexibility index (Phi) is 7.02. The van der Waals surface area contributed by atoms with Crippen LogP contribution in [0.1, 0.15) is 22.8 Å². The highest BCUT2D eigenvalue weighted by atomic mass is 16.3. The zero-order valence-electron chi connectivity index (χ0n) is 15.4. The van der Waals surface area contributed by atoms with Crippen molar-refractivity contribution in [2.45, 2.75) is 13.5 Å². The van der Waals surface area contributed by atoms with Gasteiger partial charge in [-0.3, -0.25) is 14.5 Å². The third-order valence-corrected chi connectivity index (χ3v) is 3.68. The van der Waals surface area contributed by atoms with Crippen LogP contribution in [0.4, 0.5) is 0 Å².